The molecular formula is C35H42O9. The first-order chi connectivity index (χ1) is 20.3. The molecule has 0 aromatic heterocycles. The zero-order valence-corrected chi connectivity index (χ0v) is 26.8. The Hall–Kier alpha value is -4.79. The maximum absolute atomic E-state index is 11.6. The maximum atomic E-state index is 11.6. The minimum atomic E-state index is -1.06. The standard InChI is InChI=1S/C15H16O3.C10H18O5.C10H8O/c1-15(2,3)18-14(16)17-13-10-6-8-11-7-4-5-9-12(11)13;1-9(2,3)14-7(11)13-8(12)15-10(4,5)6;11-10-7-3-5-8-4-1-2-6-9(8)10/h4-10H,1-3H3;1-6H3;1-7,11H. The van der Waals surface area contributed by atoms with E-state index in [9.17, 15) is 19.5 Å². The summed E-state index contributed by atoms with van der Waals surface area (Å²) in [4.78, 5) is 33.6. The highest BCUT2D eigenvalue weighted by molar-refractivity contribution is 5.90. The molecule has 4 aromatic carbocycles. The molecule has 0 heterocycles. The number of benzene rings is 4. The van der Waals surface area contributed by atoms with E-state index in [2.05, 4.69) is 4.74 Å². The van der Waals surface area contributed by atoms with Gasteiger partial charge in [0.05, 0.1) is 0 Å². The van der Waals surface area contributed by atoms with Crippen molar-refractivity contribution >= 4 is 40.0 Å². The lowest BCUT2D eigenvalue weighted by Crippen LogP contribution is -2.29. The van der Waals surface area contributed by atoms with Crippen molar-refractivity contribution in [1.29, 1.82) is 0 Å². The van der Waals surface area contributed by atoms with Gasteiger partial charge in [-0.25, -0.2) is 14.4 Å². The van der Waals surface area contributed by atoms with Crippen LogP contribution in [0.5, 0.6) is 11.5 Å². The Balaban J connectivity index is 0.000000237. The number of phenolic OH excluding ortho intramolecular Hbond substituents is 1. The SMILES string of the molecule is CC(C)(C)OC(=O)OC(=O)OC(C)(C)C.CC(C)(C)OC(=O)Oc1cccc2ccccc12.Oc1cccc2ccccc12. The Morgan fingerprint density at radius 3 is 1.36 bits per heavy atom. The largest absolute Gasteiger partial charge is 0.519 e. The Labute approximate surface area is 258 Å². The summed E-state index contributed by atoms with van der Waals surface area (Å²) in [5, 5.41) is 13.3. The Morgan fingerprint density at radius 1 is 0.500 bits per heavy atom. The van der Waals surface area contributed by atoms with Gasteiger partial charge in [0.15, 0.2) is 0 Å². The quantitative estimate of drug-likeness (QED) is 0.0978. The molecule has 4 aromatic rings. The number of hydrogen-bond donors (Lipinski definition) is 1. The summed E-state index contributed by atoms with van der Waals surface area (Å²) in [7, 11) is 0. The number of fused-ring (bicyclic) bond motifs is 2. The van der Waals surface area contributed by atoms with Crippen molar-refractivity contribution in [2.24, 2.45) is 0 Å². The highest BCUT2D eigenvalue weighted by Gasteiger charge is 2.24. The van der Waals surface area contributed by atoms with Crippen LogP contribution in [0.4, 0.5) is 14.4 Å². The fraction of sp³-hybridized carbons (Fsp3) is 0.343. The maximum Gasteiger partial charge on any atom is 0.519 e. The first kappa shape index (κ1) is 35.4. The van der Waals surface area contributed by atoms with Crippen molar-refractivity contribution in [3.63, 3.8) is 0 Å². The molecule has 0 bridgehead atoms. The van der Waals surface area contributed by atoms with Crippen molar-refractivity contribution in [3.8, 4) is 11.5 Å². The first-order valence-corrected chi connectivity index (χ1v) is 14.0. The van der Waals surface area contributed by atoms with E-state index in [-0.39, 0.29) is 0 Å². The molecule has 44 heavy (non-hydrogen) atoms. The van der Waals surface area contributed by atoms with Crippen LogP contribution < -0.4 is 4.74 Å². The van der Waals surface area contributed by atoms with Gasteiger partial charge in [0.25, 0.3) is 0 Å². The van der Waals surface area contributed by atoms with Crippen LogP contribution in [0.15, 0.2) is 84.9 Å². The molecule has 0 aliphatic carbocycles. The average Bonchev–Trinajstić information content (AvgIpc) is 2.87. The molecule has 0 fully saturated rings. The molecule has 0 spiro atoms. The highest BCUT2D eigenvalue weighted by atomic mass is 16.8. The Morgan fingerprint density at radius 2 is 0.886 bits per heavy atom. The monoisotopic (exact) mass is 606 g/mol. The summed E-state index contributed by atoms with van der Waals surface area (Å²) in [6, 6.07) is 26.6. The van der Waals surface area contributed by atoms with E-state index in [0.717, 1.165) is 21.5 Å². The summed E-state index contributed by atoms with van der Waals surface area (Å²) in [6.07, 6.45) is -2.80. The number of rotatable bonds is 1. The lowest BCUT2D eigenvalue weighted by atomic mass is 10.1. The molecular weight excluding hydrogens is 564 g/mol. The molecule has 236 valence electrons. The summed E-state index contributed by atoms with van der Waals surface area (Å²) in [6.45, 7) is 15.4. The summed E-state index contributed by atoms with van der Waals surface area (Å²) in [5.41, 5.74) is -1.94. The molecule has 9 heteroatoms. The van der Waals surface area contributed by atoms with Crippen molar-refractivity contribution in [2.45, 2.75) is 79.1 Å². The normalized spacial score (nSPS) is 11.2. The predicted molar refractivity (Wildman–Crippen MR) is 170 cm³/mol. The van der Waals surface area contributed by atoms with Gasteiger partial charge >= 0.3 is 18.5 Å². The van der Waals surface area contributed by atoms with Crippen molar-refractivity contribution < 1.29 is 43.2 Å². The van der Waals surface area contributed by atoms with Crippen LogP contribution in [0.2, 0.25) is 0 Å². The number of carbonyl (C=O) groups excluding carboxylic acids is 3. The van der Waals surface area contributed by atoms with E-state index >= 15 is 0 Å². The van der Waals surface area contributed by atoms with Crippen LogP contribution in [0.3, 0.4) is 0 Å². The molecule has 0 amide bonds. The first-order valence-electron chi connectivity index (χ1n) is 14.0. The summed E-state index contributed by atoms with van der Waals surface area (Å²) < 4.78 is 24.2. The fourth-order valence-electron chi connectivity index (χ4n) is 3.46. The van der Waals surface area contributed by atoms with Gasteiger partial charge in [-0.15, -0.1) is 0 Å². The topological polar surface area (TPSA) is 118 Å². The molecule has 0 saturated heterocycles. The molecule has 0 atom stereocenters. The third-order valence-electron chi connectivity index (χ3n) is 5.04. The number of phenols is 1. The minimum absolute atomic E-state index is 0.350. The van der Waals surface area contributed by atoms with E-state index in [1.54, 1.807) is 74.4 Å². The fourth-order valence-corrected chi connectivity index (χ4v) is 3.46. The Bertz CT molecular complexity index is 1520. The van der Waals surface area contributed by atoms with Gasteiger partial charge in [-0.3, -0.25) is 0 Å². The van der Waals surface area contributed by atoms with Crippen LogP contribution in [-0.2, 0) is 18.9 Å². The third kappa shape index (κ3) is 13.5. The van der Waals surface area contributed by atoms with Crippen molar-refractivity contribution in [2.75, 3.05) is 0 Å². The molecule has 0 aliphatic rings. The van der Waals surface area contributed by atoms with Gasteiger partial charge in [-0.05, 0) is 85.2 Å². The van der Waals surface area contributed by atoms with Crippen molar-refractivity contribution in [3.05, 3.63) is 84.9 Å². The van der Waals surface area contributed by atoms with Crippen LogP contribution in [0.25, 0.3) is 21.5 Å². The zero-order valence-electron chi connectivity index (χ0n) is 26.8. The molecule has 0 aliphatic heterocycles. The lowest BCUT2D eigenvalue weighted by molar-refractivity contribution is -0.0294. The molecule has 1 N–H and O–H groups in total. The number of hydrogen-bond acceptors (Lipinski definition) is 9. The second-order valence-electron chi connectivity index (χ2n) is 12.6. The van der Waals surface area contributed by atoms with Gasteiger partial charge in [-0.2, -0.15) is 0 Å². The van der Waals surface area contributed by atoms with Gasteiger partial charge in [-0.1, -0.05) is 72.8 Å². The van der Waals surface area contributed by atoms with E-state index in [4.69, 9.17) is 18.9 Å². The minimum Gasteiger partial charge on any atom is -0.507 e. The second-order valence-corrected chi connectivity index (χ2v) is 12.6. The number of ether oxygens (including phenoxy) is 5. The van der Waals surface area contributed by atoms with E-state index in [1.807, 2.05) is 72.8 Å². The van der Waals surface area contributed by atoms with Gasteiger partial charge in [0.2, 0.25) is 0 Å². The van der Waals surface area contributed by atoms with Crippen molar-refractivity contribution in [1.82, 2.24) is 0 Å². The zero-order chi connectivity index (χ0) is 33.1. The second kappa shape index (κ2) is 15.1. The third-order valence-corrected chi connectivity index (χ3v) is 5.04. The summed E-state index contributed by atoms with van der Waals surface area (Å²) in [5.74, 6) is 0.866. The van der Waals surface area contributed by atoms with Gasteiger partial charge in [0, 0.05) is 10.8 Å². The molecule has 9 nitrogen and oxygen atoms in total. The van der Waals surface area contributed by atoms with E-state index in [0.29, 0.717) is 11.5 Å². The molecule has 0 saturated carbocycles. The van der Waals surface area contributed by atoms with E-state index in [1.165, 1.54) is 0 Å². The van der Waals surface area contributed by atoms with E-state index < -0.39 is 35.3 Å². The molecule has 4 rings (SSSR count). The Kier molecular flexibility index (Phi) is 12.1. The van der Waals surface area contributed by atoms with Crippen LogP contribution >= 0.6 is 0 Å². The van der Waals surface area contributed by atoms with Crippen LogP contribution in [-0.4, -0.2) is 40.4 Å². The van der Waals surface area contributed by atoms with Gasteiger partial charge in [0.1, 0.15) is 28.3 Å². The predicted octanol–water partition coefficient (Wildman–Crippen LogP) is 9.57. The van der Waals surface area contributed by atoms with Crippen LogP contribution in [0.1, 0.15) is 62.3 Å². The smallest absolute Gasteiger partial charge is 0.507 e. The molecule has 0 radical (unpaired) electrons. The lowest BCUT2D eigenvalue weighted by Gasteiger charge is -2.20. The number of carbonyl (C=O) groups is 3. The average molecular weight is 607 g/mol. The van der Waals surface area contributed by atoms with Gasteiger partial charge < -0.3 is 28.8 Å². The number of aromatic hydroxyl groups is 1. The van der Waals surface area contributed by atoms with Crippen LogP contribution in [0, 0.1) is 0 Å². The summed E-state index contributed by atoms with van der Waals surface area (Å²) >= 11 is 0. The highest BCUT2D eigenvalue weighted by Crippen LogP contribution is 2.26. The molecule has 0 unspecified atom stereocenters.